The second-order valence-corrected chi connectivity index (χ2v) is 1.45. The molecule has 0 aromatic heterocycles. The number of ketones is 1. The summed E-state index contributed by atoms with van der Waals surface area (Å²) in [6, 6.07) is 0. The number of carbonyl (C=O) groups is 2. The van der Waals surface area contributed by atoms with E-state index in [1.54, 1.807) is 0 Å². The molecular weight excluding hydrogens is 148 g/mol. The Hall–Kier alpha value is 0.400. The summed E-state index contributed by atoms with van der Waals surface area (Å²) in [7, 11) is 1.26. The SMILES string of the molecule is COC(=O)CC(C)=O.[Ca+2]. The quantitative estimate of drug-likeness (QED) is 0.315. The summed E-state index contributed by atoms with van der Waals surface area (Å²) in [6.07, 6.45) is -0.115. The topological polar surface area (TPSA) is 43.4 Å². The Bertz CT molecular complexity index is 111. The van der Waals surface area contributed by atoms with Gasteiger partial charge in [-0.3, -0.25) is 9.59 Å². The van der Waals surface area contributed by atoms with Crippen LogP contribution in [0.25, 0.3) is 0 Å². The third kappa shape index (κ3) is 8.40. The van der Waals surface area contributed by atoms with Gasteiger partial charge in [-0.05, 0) is 6.92 Å². The average molecular weight is 156 g/mol. The van der Waals surface area contributed by atoms with E-state index >= 15 is 0 Å². The molecule has 0 aromatic rings. The van der Waals surface area contributed by atoms with Gasteiger partial charge in [-0.15, -0.1) is 0 Å². The second kappa shape index (κ2) is 6.52. The Balaban J connectivity index is 0. The molecule has 0 saturated carbocycles. The van der Waals surface area contributed by atoms with Crippen LogP contribution >= 0.6 is 0 Å². The Morgan fingerprint density at radius 3 is 2.00 bits per heavy atom. The standard InChI is InChI=1S/C5H8O3.Ca/c1-4(6)3-5(7)8-2;/h3H2,1-2H3;/q;+2. The number of methoxy groups -OCH3 is 1. The van der Waals surface area contributed by atoms with Crippen molar-refractivity contribution in [1.29, 1.82) is 0 Å². The summed E-state index contributed by atoms with van der Waals surface area (Å²) < 4.78 is 4.20. The van der Waals surface area contributed by atoms with Gasteiger partial charge in [-0.2, -0.15) is 0 Å². The molecule has 0 radical (unpaired) electrons. The van der Waals surface area contributed by atoms with Crippen molar-refractivity contribution in [3.8, 4) is 0 Å². The van der Waals surface area contributed by atoms with E-state index in [4.69, 9.17) is 0 Å². The van der Waals surface area contributed by atoms with Gasteiger partial charge in [0.05, 0.1) is 7.11 Å². The molecule has 0 aliphatic heterocycles. The first-order chi connectivity index (χ1) is 3.66. The number of esters is 1. The van der Waals surface area contributed by atoms with E-state index in [1.165, 1.54) is 14.0 Å². The van der Waals surface area contributed by atoms with Crippen molar-refractivity contribution in [3.63, 3.8) is 0 Å². The van der Waals surface area contributed by atoms with Crippen molar-refractivity contribution in [2.45, 2.75) is 13.3 Å². The van der Waals surface area contributed by atoms with E-state index < -0.39 is 5.97 Å². The van der Waals surface area contributed by atoms with Gasteiger partial charge in [0.15, 0.2) is 0 Å². The molecule has 0 N–H and O–H groups in total. The van der Waals surface area contributed by atoms with Crippen molar-refractivity contribution < 1.29 is 14.3 Å². The van der Waals surface area contributed by atoms with Crippen LogP contribution in [0.2, 0.25) is 0 Å². The van der Waals surface area contributed by atoms with E-state index in [-0.39, 0.29) is 49.9 Å². The monoisotopic (exact) mass is 156 g/mol. The van der Waals surface area contributed by atoms with Crippen molar-refractivity contribution in [1.82, 2.24) is 0 Å². The minimum atomic E-state index is -0.475. The van der Waals surface area contributed by atoms with Gasteiger partial charge >= 0.3 is 43.7 Å². The molecule has 0 aliphatic carbocycles. The van der Waals surface area contributed by atoms with Gasteiger partial charge in [0.2, 0.25) is 0 Å². The largest absolute Gasteiger partial charge is 2.00 e. The fourth-order valence-corrected chi connectivity index (χ4v) is 0.275. The van der Waals surface area contributed by atoms with Crippen molar-refractivity contribution in [2.75, 3.05) is 7.11 Å². The van der Waals surface area contributed by atoms with Gasteiger partial charge in [-0.25, -0.2) is 0 Å². The molecule has 0 heterocycles. The van der Waals surface area contributed by atoms with E-state index in [9.17, 15) is 9.59 Å². The Kier molecular flexibility index (Phi) is 8.77. The Morgan fingerprint density at radius 2 is 1.89 bits per heavy atom. The van der Waals surface area contributed by atoms with Crippen molar-refractivity contribution >= 4 is 49.5 Å². The zero-order valence-electron chi connectivity index (χ0n) is 5.64. The van der Waals surface area contributed by atoms with Crippen LogP contribution in [0, 0.1) is 0 Å². The van der Waals surface area contributed by atoms with Crippen LogP contribution in [0.4, 0.5) is 0 Å². The predicted molar refractivity (Wildman–Crippen MR) is 33.1 cm³/mol. The first kappa shape index (κ1) is 12.1. The summed E-state index contributed by atoms with van der Waals surface area (Å²) in [4.78, 5) is 20.3. The maximum Gasteiger partial charge on any atom is 2.00 e. The van der Waals surface area contributed by atoms with Crippen LogP contribution in [0.5, 0.6) is 0 Å². The fraction of sp³-hybridized carbons (Fsp3) is 0.600. The minimum Gasteiger partial charge on any atom is -0.469 e. The molecule has 0 aromatic carbocycles. The van der Waals surface area contributed by atoms with Crippen LogP contribution in [0.3, 0.4) is 0 Å². The molecule has 9 heavy (non-hydrogen) atoms. The van der Waals surface area contributed by atoms with Gasteiger partial charge < -0.3 is 4.74 Å². The Morgan fingerprint density at radius 1 is 1.44 bits per heavy atom. The van der Waals surface area contributed by atoms with Crippen molar-refractivity contribution in [3.05, 3.63) is 0 Å². The van der Waals surface area contributed by atoms with Crippen LogP contribution < -0.4 is 0 Å². The first-order valence-corrected chi connectivity index (χ1v) is 2.23. The van der Waals surface area contributed by atoms with Crippen LogP contribution in [0.1, 0.15) is 13.3 Å². The fourth-order valence-electron chi connectivity index (χ4n) is 0.275. The van der Waals surface area contributed by atoms with E-state index in [0.717, 1.165) is 0 Å². The first-order valence-electron chi connectivity index (χ1n) is 2.23. The third-order valence-corrected chi connectivity index (χ3v) is 0.621. The zero-order chi connectivity index (χ0) is 6.57. The molecule has 0 aliphatic rings. The van der Waals surface area contributed by atoms with Crippen LogP contribution in [-0.4, -0.2) is 56.6 Å². The number of hydrogen-bond donors (Lipinski definition) is 0. The molecule has 0 fully saturated rings. The predicted octanol–water partition coefficient (Wildman–Crippen LogP) is -0.242. The molecule has 0 bridgehead atoms. The number of Topliss-reactive ketones (excluding diaryl/α,β-unsaturated/α-hetero) is 1. The number of carbonyl (C=O) groups excluding carboxylic acids is 2. The molecular formula is C5H8CaO3+2. The summed E-state index contributed by atoms with van der Waals surface area (Å²) >= 11 is 0. The molecule has 0 amide bonds. The summed E-state index contributed by atoms with van der Waals surface area (Å²) in [6.45, 7) is 1.34. The summed E-state index contributed by atoms with van der Waals surface area (Å²) in [5.41, 5.74) is 0. The number of rotatable bonds is 2. The zero-order valence-corrected chi connectivity index (χ0v) is 7.85. The number of hydrogen-bond acceptors (Lipinski definition) is 3. The van der Waals surface area contributed by atoms with Crippen LogP contribution in [-0.2, 0) is 14.3 Å². The van der Waals surface area contributed by atoms with Gasteiger partial charge in [0.1, 0.15) is 12.2 Å². The normalized spacial score (nSPS) is 7.33. The molecule has 0 unspecified atom stereocenters. The third-order valence-electron chi connectivity index (χ3n) is 0.621. The molecule has 0 spiro atoms. The van der Waals surface area contributed by atoms with Gasteiger partial charge in [-0.1, -0.05) is 0 Å². The molecule has 0 rings (SSSR count). The van der Waals surface area contributed by atoms with Crippen LogP contribution in [0.15, 0.2) is 0 Å². The average Bonchev–Trinajstić information content (AvgIpc) is 1.65. The van der Waals surface area contributed by atoms with E-state index in [2.05, 4.69) is 4.74 Å². The molecule has 4 heteroatoms. The summed E-state index contributed by atoms with van der Waals surface area (Å²) in [5, 5.41) is 0. The number of ether oxygens (including phenoxy) is 1. The molecule has 0 saturated heterocycles. The van der Waals surface area contributed by atoms with Crippen molar-refractivity contribution in [2.24, 2.45) is 0 Å². The smallest absolute Gasteiger partial charge is 0.469 e. The summed E-state index contributed by atoms with van der Waals surface area (Å²) in [5.74, 6) is -0.644. The van der Waals surface area contributed by atoms with Gasteiger partial charge in [0, 0.05) is 0 Å². The molecule has 0 atom stereocenters. The minimum absolute atomic E-state index is 0. The molecule has 3 nitrogen and oxygen atoms in total. The molecule has 46 valence electrons. The van der Waals surface area contributed by atoms with E-state index in [1.807, 2.05) is 0 Å². The van der Waals surface area contributed by atoms with E-state index in [0.29, 0.717) is 0 Å². The second-order valence-electron chi connectivity index (χ2n) is 1.45. The Labute approximate surface area is 83.8 Å². The van der Waals surface area contributed by atoms with Gasteiger partial charge in [0.25, 0.3) is 0 Å². The maximum absolute atomic E-state index is 10.2. The maximum atomic E-state index is 10.2.